The Hall–Kier alpha value is -0.590. The van der Waals surface area contributed by atoms with Crippen LogP contribution >= 0.6 is 27.5 Å². The molecule has 7 heteroatoms. The Morgan fingerprint density at radius 1 is 1.45 bits per heavy atom. The van der Waals surface area contributed by atoms with Crippen molar-refractivity contribution in [2.45, 2.75) is 25.3 Å². The molecule has 2 aromatic rings. The number of imidazole rings is 1. The van der Waals surface area contributed by atoms with E-state index in [1.807, 2.05) is 29.7 Å². The minimum atomic E-state index is -2.95. The average molecular weight is 380 g/mol. The Morgan fingerprint density at radius 3 is 2.75 bits per heavy atom. The summed E-state index contributed by atoms with van der Waals surface area (Å²) in [6.45, 7) is 2.46. The van der Waals surface area contributed by atoms with Gasteiger partial charge in [-0.15, -0.1) is 11.6 Å². The van der Waals surface area contributed by atoms with Crippen LogP contribution in [0.25, 0.3) is 11.0 Å². The highest BCUT2D eigenvalue weighted by Gasteiger charge is 2.15. The molecular formula is C13H16BrClN2O2S. The Bertz CT molecular complexity index is 725. The third-order valence-electron chi connectivity index (χ3n) is 2.99. The second-order valence-electron chi connectivity index (χ2n) is 4.85. The number of aromatic nitrogens is 2. The van der Waals surface area contributed by atoms with Crippen LogP contribution in [-0.2, 0) is 16.4 Å². The van der Waals surface area contributed by atoms with Crippen molar-refractivity contribution < 1.29 is 8.42 Å². The molecule has 0 amide bonds. The third-order valence-corrected chi connectivity index (χ3v) is 4.71. The maximum atomic E-state index is 11.2. The van der Waals surface area contributed by atoms with Crippen molar-refractivity contribution >= 4 is 48.4 Å². The summed E-state index contributed by atoms with van der Waals surface area (Å²) in [7, 11) is -2.95. The molecule has 0 saturated carbocycles. The van der Waals surface area contributed by atoms with Gasteiger partial charge in [0.15, 0.2) is 0 Å². The van der Waals surface area contributed by atoms with Gasteiger partial charge in [-0.25, -0.2) is 13.4 Å². The summed E-state index contributed by atoms with van der Waals surface area (Å²) in [6, 6.07) is 5.83. The van der Waals surface area contributed by atoms with Gasteiger partial charge >= 0.3 is 0 Å². The molecule has 0 bridgehead atoms. The molecule has 110 valence electrons. The average Bonchev–Trinajstić information content (AvgIpc) is 2.66. The van der Waals surface area contributed by atoms with Crippen LogP contribution < -0.4 is 0 Å². The molecule has 20 heavy (non-hydrogen) atoms. The molecule has 0 radical (unpaired) electrons. The lowest BCUT2D eigenvalue weighted by Gasteiger charge is -2.10. The highest BCUT2D eigenvalue weighted by molar-refractivity contribution is 9.10. The Labute approximate surface area is 132 Å². The maximum absolute atomic E-state index is 11.2. The van der Waals surface area contributed by atoms with Gasteiger partial charge in [-0.3, -0.25) is 0 Å². The molecule has 0 aliphatic heterocycles. The summed E-state index contributed by atoms with van der Waals surface area (Å²) in [5.41, 5.74) is 1.84. The fourth-order valence-electron chi connectivity index (χ4n) is 2.14. The Morgan fingerprint density at radius 2 is 2.15 bits per heavy atom. The van der Waals surface area contributed by atoms with Crippen LogP contribution in [0.15, 0.2) is 22.7 Å². The van der Waals surface area contributed by atoms with Crippen LogP contribution in [0.2, 0.25) is 0 Å². The van der Waals surface area contributed by atoms with Gasteiger partial charge in [0.2, 0.25) is 0 Å². The van der Waals surface area contributed by atoms with E-state index in [2.05, 4.69) is 20.9 Å². The van der Waals surface area contributed by atoms with Gasteiger partial charge in [-0.05, 0) is 31.5 Å². The monoisotopic (exact) mass is 378 g/mol. The number of aryl methyl sites for hydroxylation is 1. The van der Waals surface area contributed by atoms with Crippen molar-refractivity contribution in [3.63, 3.8) is 0 Å². The zero-order chi connectivity index (χ0) is 14.9. The Balaban J connectivity index is 2.38. The van der Waals surface area contributed by atoms with E-state index in [1.165, 1.54) is 6.26 Å². The summed E-state index contributed by atoms with van der Waals surface area (Å²) in [5.74, 6) is 0.935. The van der Waals surface area contributed by atoms with Crippen molar-refractivity contribution in [1.82, 2.24) is 9.55 Å². The molecule has 0 fully saturated rings. The SMILES string of the molecule is CC(Cl)c1nc2ccc(Br)cc2n1CCCS(C)(=O)=O. The maximum Gasteiger partial charge on any atom is 0.147 e. The van der Waals surface area contributed by atoms with Gasteiger partial charge in [-0.2, -0.15) is 0 Å². The fraction of sp³-hybridized carbons (Fsp3) is 0.462. The zero-order valence-electron chi connectivity index (χ0n) is 11.3. The second-order valence-corrected chi connectivity index (χ2v) is 8.68. The summed E-state index contributed by atoms with van der Waals surface area (Å²) >= 11 is 9.62. The van der Waals surface area contributed by atoms with E-state index in [1.54, 1.807) is 0 Å². The number of nitrogens with zero attached hydrogens (tertiary/aromatic N) is 2. The highest BCUT2D eigenvalue weighted by atomic mass is 79.9. The van der Waals surface area contributed by atoms with Gasteiger partial charge in [0, 0.05) is 17.3 Å². The predicted octanol–water partition coefficient (Wildman–Crippen LogP) is 3.53. The quantitative estimate of drug-likeness (QED) is 0.747. The second kappa shape index (κ2) is 6.03. The first-order valence-electron chi connectivity index (χ1n) is 6.25. The minimum Gasteiger partial charge on any atom is -0.327 e. The van der Waals surface area contributed by atoms with Crippen molar-refractivity contribution in [3.8, 4) is 0 Å². The molecule has 0 aliphatic rings. The zero-order valence-corrected chi connectivity index (χ0v) is 14.5. The van der Waals surface area contributed by atoms with E-state index in [0.717, 1.165) is 21.3 Å². The smallest absolute Gasteiger partial charge is 0.147 e. The van der Waals surface area contributed by atoms with Gasteiger partial charge in [0.1, 0.15) is 15.7 Å². The highest BCUT2D eigenvalue weighted by Crippen LogP contribution is 2.27. The molecule has 0 spiro atoms. The van der Waals surface area contributed by atoms with Gasteiger partial charge in [0.25, 0.3) is 0 Å². The van der Waals surface area contributed by atoms with E-state index < -0.39 is 9.84 Å². The van der Waals surface area contributed by atoms with Crippen molar-refractivity contribution in [3.05, 3.63) is 28.5 Å². The van der Waals surface area contributed by atoms with E-state index >= 15 is 0 Å². The first-order valence-corrected chi connectivity index (χ1v) is 9.54. The summed E-state index contributed by atoms with van der Waals surface area (Å²) in [6.07, 6.45) is 1.80. The number of rotatable bonds is 5. The fourth-order valence-corrected chi connectivity index (χ4v) is 3.31. The van der Waals surface area contributed by atoms with Crippen molar-refractivity contribution in [2.75, 3.05) is 12.0 Å². The van der Waals surface area contributed by atoms with E-state index in [0.29, 0.717) is 13.0 Å². The molecule has 1 aromatic carbocycles. The summed E-state index contributed by atoms with van der Waals surface area (Å²) in [5, 5.41) is -0.223. The number of benzene rings is 1. The molecule has 0 N–H and O–H groups in total. The molecule has 1 aromatic heterocycles. The van der Waals surface area contributed by atoms with Crippen LogP contribution in [0, 0.1) is 0 Å². The van der Waals surface area contributed by atoms with Crippen LogP contribution in [0.5, 0.6) is 0 Å². The van der Waals surface area contributed by atoms with E-state index in [4.69, 9.17) is 11.6 Å². The van der Waals surface area contributed by atoms with Crippen molar-refractivity contribution in [1.29, 1.82) is 0 Å². The number of alkyl halides is 1. The first-order chi connectivity index (χ1) is 9.28. The third kappa shape index (κ3) is 3.74. The van der Waals surface area contributed by atoms with E-state index in [9.17, 15) is 8.42 Å². The number of hydrogen-bond acceptors (Lipinski definition) is 3. The molecule has 1 atom stereocenters. The van der Waals surface area contributed by atoms with Crippen LogP contribution in [0.4, 0.5) is 0 Å². The molecule has 0 aliphatic carbocycles. The van der Waals surface area contributed by atoms with Gasteiger partial charge in [0.05, 0.1) is 22.2 Å². The van der Waals surface area contributed by atoms with Crippen molar-refractivity contribution in [2.24, 2.45) is 0 Å². The molecule has 4 nitrogen and oxygen atoms in total. The van der Waals surface area contributed by atoms with Crippen LogP contribution in [0.1, 0.15) is 24.5 Å². The molecule has 2 rings (SSSR count). The van der Waals surface area contributed by atoms with E-state index in [-0.39, 0.29) is 11.1 Å². The molecule has 1 heterocycles. The van der Waals surface area contributed by atoms with Crippen LogP contribution in [-0.4, -0.2) is 30.0 Å². The van der Waals surface area contributed by atoms with Crippen LogP contribution in [0.3, 0.4) is 0 Å². The minimum absolute atomic E-state index is 0.163. The largest absolute Gasteiger partial charge is 0.327 e. The Kier molecular flexibility index (Phi) is 4.76. The molecule has 0 saturated heterocycles. The molecule has 1 unspecified atom stereocenters. The van der Waals surface area contributed by atoms with Gasteiger partial charge in [-0.1, -0.05) is 15.9 Å². The normalized spacial score (nSPS) is 13.8. The lowest BCUT2D eigenvalue weighted by Crippen LogP contribution is -2.10. The summed E-state index contributed by atoms with van der Waals surface area (Å²) < 4.78 is 25.4. The number of sulfone groups is 1. The topological polar surface area (TPSA) is 52.0 Å². The first kappa shape index (κ1) is 15.8. The number of hydrogen-bond donors (Lipinski definition) is 0. The standard InChI is InChI=1S/C13H16BrClN2O2S/c1-9(15)13-16-11-5-4-10(14)8-12(11)17(13)6-3-7-20(2,18)19/h4-5,8-9H,3,6-7H2,1-2H3. The number of halogens is 2. The molecular weight excluding hydrogens is 364 g/mol. The predicted molar refractivity (Wildman–Crippen MR) is 86.0 cm³/mol. The summed E-state index contributed by atoms with van der Waals surface area (Å²) in [4.78, 5) is 4.53. The number of fused-ring (bicyclic) bond motifs is 1. The van der Waals surface area contributed by atoms with Gasteiger partial charge < -0.3 is 4.57 Å². The lowest BCUT2D eigenvalue weighted by molar-refractivity contribution is 0.590. The lowest BCUT2D eigenvalue weighted by atomic mass is 10.3.